The van der Waals surface area contributed by atoms with E-state index in [1.54, 1.807) is 0 Å². The summed E-state index contributed by atoms with van der Waals surface area (Å²) in [5, 5.41) is 4.67. The lowest BCUT2D eigenvalue weighted by atomic mass is 10.0. The van der Waals surface area contributed by atoms with Crippen LogP contribution in [0.5, 0.6) is 0 Å². The van der Waals surface area contributed by atoms with Gasteiger partial charge >= 0.3 is 0 Å². The molecule has 2 atom stereocenters. The number of imidazole rings is 1. The van der Waals surface area contributed by atoms with Gasteiger partial charge in [0.15, 0.2) is 5.65 Å². The minimum Gasteiger partial charge on any atom is -0.310 e. The maximum atomic E-state index is 5.99. The Hall–Kier alpha value is -1.03. The van der Waals surface area contributed by atoms with Gasteiger partial charge in [-0.25, -0.2) is 4.98 Å². The third-order valence-corrected chi connectivity index (χ3v) is 4.68. The maximum absolute atomic E-state index is 5.99. The van der Waals surface area contributed by atoms with Crippen LogP contribution < -0.4 is 0 Å². The third kappa shape index (κ3) is 2.96. The van der Waals surface area contributed by atoms with E-state index in [4.69, 9.17) is 16.6 Å². The fourth-order valence-electron chi connectivity index (χ4n) is 2.94. The number of hydrogen-bond acceptors (Lipinski definition) is 2. The van der Waals surface area contributed by atoms with Crippen molar-refractivity contribution in [2.24, 2.45) is 13.0 Å². The molecule has 0 spiro atoms. The van der Waals surface area contributed by atoms with E-state index in [2.05, 4.69) is 37.4 Å². The number of rotatable bonds is 7. The highest BCUT2D eigenvalue weighted by molar-refractivity contribution is 6.17. The second-order valence-electron chi connectivity index (χ2n) is 5.96. The summed E-state index contributed by atoms with van der Waals surface area (Å²) < 4.78 is 4.35. The monoisotopic (exact) mass is 310 g/mol. The number of aryl methyl sites for hydroxylation is 3. The Morgan fingerprint density at radius 1 is 1.19 bits per heavy atom. The van der Waals surface area contributed by atoms with Crippen LogP contribution in [0.25, 0.3) is 11.2 Å². The highest BCUT2D eigenvalue weighted by atomic mass is 35.5. The van der Waals surface area contributed by atoms with Crippen LogP contribution in [0.3, 0.4) is 0 Å². The maximum Gasteiger partial charge on any atom is 0.158 e. The Balaban J connectivity index is 2.61. The van der Waals surface area contributed by atoms with Crippen molar-refractivity contribution in [2.45, 2.75) is 59.4 Å². The fourth-order valence-corrected chi connectivity index (χ4v) is 3.11. The number of halogens is 1. The minimum absolute atomic E-state index is 0.406. The molecule has 2 unspecified atom stereocenters. The zero-order valence-corrected chi connectivity index (χ0v) is 14.6. The van der Waals surface area contributed by atoms with Gasteiger partial charge in [0, 0.05) is 25.4 Å². The molecule has 0 amide bonds. The van der Waals surface area contributed by atoms with Crippen LogP contribution in [0.15, 0.2) is 0 Å². The molecule has 0 bridgehead atoms. The van der Waals surface area contributed by atoms with Crippen molar-refractivity contribution in [3.8, 4) is 0 Å². The predicted octanol–water partition coefficient (Wildman–Crippen LogP) is 4.11. The van der Waals surface area contributed by atoms with E-state index in [9.17, 15) is 0 Å². The van der Waals surface area contributed by atoms with Crippen LogP contribution in [0.2, 0.25) is 0 Å². The highest BCUT2D eigenvalue weighted by Gasteiger charge is 2.24. The van der Waals surface area contributed by atoms with Crippen molar-refractivity contribution in [3.63, 3.8) is 0 Å². The molecule has 0 N–H and O–H groups in total. The molecule has 0 aliphatic carbocycles. The van der Waals surface area contributed by atoms with Crippen LogP contribution in [0.4, 0.5) is 0 Å². The molecule has 21 heavy (non-hydrogen) atoms. The molecule has 2 rings (SSSR count). The summed E-state index contributed by atoms with van der Waals surface area (Å²) in [5.74, 6) is 2.30. The molecule has 5 heteroatoms. The highest BCUT2D eigenvalue weighted by Crippen LogP contribution is 2.29. The average molecular weight is 311 g/mol. The van der Waals surface area contributed by atoms with Crippen molar-refractivity contribution >= 4 is 22.8 Å². The number of nitrogens with zero attached hydrogens (tertiary/aromatic N) is 4. The SMILES string of the molecule is CCCc1nn(C)c2c1nc(CCCl)n2C(C)C(C)CC. The molecule has 118 valence electrons. The van der Waals surface area contributed by atoms with Crippen molar-refractivity contribution in [1.82, 2.24) is 19.3 Å². The normalized spacial score (nSPS) is 14.8. The van der Waals surface area contributed by atoms with Crippen molar-refractivity contribution < 1.29 is 0 Å². The minimum atomic E-state index is 0.406. The van der Waals surface area contributed by atoms with Crippen molar-refractivity contribution in [3.05, 3.63) is 11.5 Å². The third-order valence-electron chi connectivity index (χ3n) is 4.49. The molecule has 2 heterocycles. The Kier molecular flexibility index (Phi) is 5.31. The van der Waals surface area contributed by atoms with E-state index in [1.807, 2.05) is 11.7 Å². The zero-order valence-electron chi connectivity index (χ0n) is 13.9. The van der Waals surface area contributed by atoms with E-state index in [0.717, 1.165) is 48.4 Å². The van der Waals surface area contributed by atoms with Gasteiger partial charge in [-0.3, -0.25) is 4.68 Å². The molecule has 0 aliphatic rings. The molecule has 0 saturated heterocycles. The summed E-state index contributed by atoms with van der Waals surface area (Å²) in [6, 6.07) is 0.406. The molecule has 0 saturated carbocycles. The first kappa shape index (κ1) is 16.3. The zero-order chi connectivity index (χ0) is 15.6. The van der Waals surface area contributed by atoms with Gasteiger partial charge in [-0.15, -0.1) is 11.6 Å². The fraction of sp³-hybridized carbons (Fsp3) is 0.750. The molecule has 0 radical (unpaired) electrons. The number of aromatic nitrogens is 4. The number of hydrogen-bond donors (Lipinski definition) is 0. The summed E-state index contributed by atoms with van der Waals surface area (Å²) in [5.41, 5.74) is 3.32. The second-order valence-corrected chi connectivity index (χ2v) is 6.33. The van der Waals surface area contributed by atoms with Crippen molar-refractivity contribution in [2.75, 3.05) is 5.88 Å². The first-order chi connectivity index (χ1) is 10.0. The molecule has 0 aliphatic heterocycles. The molecular weight excluding hydrogens is 284 g/mol. The quantitative estimate of drug-likeness (QED) is 0.721. The summed E-state index contributed by atoms with van der Waals surface area (Å²) in [7, 11) is 2.02. The summed E-state index contributed by atoms with van der Waals surface area (Å²) in [6.45, 7) is 8.99. The average Bonchev–Trinajstić information content (AvgIpc) is 2.97. The van der Waals surface area contributed by atoms with Gasteiger partial charge in [-0.1, -0.05) is 33.6 Å². The van der Waals surface area contributed by atoms with Crippen LogP contribution in [-0.4, -0.2) is 25.2 Å². The van der Waals surface area contributed by atoms with Gasteiger partial charge in [0.05, 0.1) is 5.69 Å². The van der Waals surface area contributed by atoms with Gasteiger partial charge in [0.2, 0.25) is 0 Å². The largest absolute Gasteiger partial charge is 0.310 e. The Labute approximate surface area is 132 Å². The van der Waals surface area contributed by atoms with Gasteiger partial charge in [-0.2, -0.15) is 5.10 Å². The lowest BCUT2D eigenvalue weighted by Crippen LogP contribution is -2.18. The van der Waals surface area contributed by atoms with E-state index < -0.39 is 0 Å². The second kappa shape index (κ2) is 6.82. The Morgan fingerprint density at radius 2 is 1.90 bits per heavy atom. The molecule has 4 nitrogen and oxygen atoms in total. The van der Waals surface area contributed by atoms with Gasteiger partial charge in [0.25, 0.3) is 0 Å². The van der Waals surface area contributed by atoms with Crippen LogP contribution in [-0.2, 0) is 19.9 Å². The Morgan fingerprint density at radius 3 is 2.48 bits per heavy atom. The van der Waals surface area contributed by atoms with E-state index in [0.29, 0.717) is 17.8 Å². The molecular formula is C16H27ClN4. The van der Waals surface area contributed by atoms with E-state index in [-0.39, 0.29) is 0 Å². The molecule has 0 aromatic carbocycles. The smallest absolute Gasteiger partial charge is 0.158 e. The van der Waals surface area contributed by atoms with Crippen LogP contribution in [0.1, 0.15) is 58.1 Å². The lowest BCUT2D eigenvalue weighted by molar-refractivity contribution is 0.365. The molecule has 0 fully saturated rings. The van der Waals surface area contributed by atoms with Gasteiger partial charge < -0.3 is 4.57 Å². The van der Waals surface area contributed by atoms with Gasteiger partial charge in [-0.05, 0) is 19.3 Å². The standard InChI is InChI=1S/C16H27ClN4/c1-6-8-13-15-16(20(5)19-13)21(12(4)11(3)7-2)14(18-15)9-10-17/h11-12H,6-10H2,1-5H3. The number of fused-ring (bicyclic) bond motifs is 1. The summed E-state index contributed by atoms with van der Waals surface area (Å²) in [6.07, 6.45) is 4.03. The molecule has 2 aromatic rings. The van der Waals surface area contributed by atoms with E-state index >= 15 is 0 Å². The Bertz CT molecular complexity index is 599. The predicted molar refractivity (Wildman–Crippen MR) is 89.1 cm³/mol. The lowest BCUT2D eigenvalue weighted by Gasteiger charge is -2.23. The van der Waals surface area contributed by atoms with Crippen molar-refractivity contribution in [1.29, 1.82) is 0 Å². The first-order valence-electron chi connectivity index (χ1n) is 8.03. The molecule has 2 aromatic heterocycles. The number of alkyl halides is 1. The topological polar surface area (TPSA) is 35.6 Å². The van der Waals surface area contributed by atoms with E-state index in [1.165, 1.54) is 0 Å². The van der Waals surface area contributed by atoms with Crippen LogP contribution >= 0.6 is 11.6 Å². The van der Waals surface area contributed by atoms with Crippen LogP contribution in [0, 0.1) is 5.92 Å². The summed E-state index contributed by atoms with van der Waals surface area (Å²) >= 11 is 5.99. The first-order valence-corrected chi connectivity index (χ1v) is 8.57. The van der Waals surface area contributed by atoms with Gasteiger partial charge in [0.1, 0.15) is 11.3 Å². The summed E-state index contributed by atoms with van der Waals surface area (Å²) in [4.78, 5) is 4.87.